The van der Waals surface area contributed by atoms with Crippen LogP contribution in [0.4, 0.5) is 0 Å². The molecule has 0 saturated carbocycles. The first kappa shape index (κ1) is 12.2. The zero-order valence-electron chi connectivity index (χ0n) is 10.1. The van der Waals surface area contributed by atoms with Crippen molar-refractivity contribution in [2.75, 3.05) is 12.8 Å². The van der Waals surface area contributed by atoms with Gasteiger partial charge in [-0.1, -0.05) is 6.92 Å². The van der Waals surface area contributed by atoms with E-state index in [-0.39, 0.29) is 0 Å². The van der Waals surface area contributed by atoms with E-state index in [2.05, 4.69) is 35.6 Å². The lowest BCUT2D eigenvalue weighted by Crippen LogP contribution is -2.11. The first-order valence-corrected chi connectivity index (χ1v) is 6.85. The molecule has 2 aromatic rings. The Balaban J connectivity index is 2.12. The summed E-state index contributed by atoms with van der Waals surface area (Å²) in [6, 6.07) is 8.23. The van der Waals surface area contributed by atoms with Gasteiger partial charge in [-0.05, 0) is 37.1 Å². The molecule has 1 aromatic heterocycles. The Kier molecular flexibility index (Phi) is 4.23. The molecule has 4 heteroatoms. The average Bonchev–Trinajstić information content (AvgIpc) is 2.85. The van der Waals surface area contributed by atoms with Gasteiger partial charge in [0.25, 0.3) is 0 Å². The Hall–Kier alpha value is -1.26. The van der Waals surface area contributed by atoms with Crippen molar-refractivity contribution in [3.63, 3.8) is 0 Å². The van der Waals surface area contributed by atoms with Gasteiger partial charge in [-0.2, -0.15) is 0 Å². The summed E-state index contributed by atoms with van der Waals surface area (Å²) in [7, 11) is 0. The Bertz CT molecular complexity index is 465. The van der Waals surface area contributed by atoms with Crippen molar-refractivity contribution in [3.8, 4) is 11.5 Å². The third kappa shape index (κ3) is 3.11. The van der Waals surface area contributed by atoms with Gasteiger partial charge in [0, 0.05) is 17.0 Å². The Labute approximate surface area is 106 Å². The molecule has 0 radical (unpaired) electrons. The summed E-state index contributed by atoms with van der Waals surface area (Å²) in [5, 5.41) is 3.22. The van der Waals surface area contributed by atoms with E-state index in [1.165, 1.54) is 4.90 Å². The van der Waals surface area contributed by atoms with Crippen LogP contribution in [0.5, 0.6) is 0 Å². The van der Waals surface area contributed by atoms with E-state index >= 15 is 0 Å². The maximum absolute atomic E-state index is 5.46. The number of hydrogen-bond donors (Lipinski definition) is 1. The second-order valence-corrected chi connectivity index (χ2v) is 4.53. The van der Waals surface area contributed by atoms with E-state index in [0.29, 0.717) is 5.89 Å². The van der Waals surface area contributed by atoms with E-state index in [0.717, 1.165) is 24.3 Å². The maximum atomic E-state index is 5.46. The molecule has 2 rings (SSSR count). The summed E-state index contributed by atoms with van der Waals surface area (Å²) in [5.74, 6) is 0.686. The second kappa shape index (κ2) is 5.89. The second-order valence-electron chi connectivity index (χ2n) is 3.65. The van der Waals surface area contributed by atoms with E-state index in [9.17, 15) is 0 Å². The average molecular weight is 248 g/mol. The van der Waals surface area contributed by atoms with Gasteiger partial charge in [0.2, 0.25) is 5.89 Å². The summed E-state index contributed by atoms with van der Waals surface area (Å²) in [6.07, 6.45) is 3.77. The first-order valence-electron chi connectivity index (χ1n) is 5.63. The van der Waals surface area contributed by atoms with Gasteiger partial charge in [-0.25, -0.2) is 4.98 Å². The van der Waals surface area contributed by atoms with Gasteiger partial charge in [0.15, 0.2) is 0 Å². The molecule has 17 heavy (non-hydrogen) atoms. The normalized spacial score (nSPS) is 10.7. The molecule has 0 aliphatic heterocycles. The zero-order valence-corrected chi connectivity index (χ0v) is 10.9. The van der Waals surface area contributed by atoms with Crippen molar-refractivity contribution >= 4 is 11.8 Å². The Morgan fingerprint density at radius 2 is 2.06 bits per heavy atom. The Morgan fingerprint density at radius 3 is 2.71 bits per heavy atom. The van der Waals surface area contributed by atoms with Crippen LogP contribution < -0.4 is 5.32 Å². The van der Waals surface area contributed by atoms with E-state index in [4.69, 9.17) is 4.42 Å². The molecule has 0 unspecified atom stereocenters. The molecule has 0 fully saturated rings. The predicted octanol–water partition coefficient (Wildman–Crippen LogP) is 3.17. The fraction of sp³-hybridized carbons (Fsp3) is 0.308. The molecular formula is C13H16N2OS. The van der Waals surface area contributed by atoms with Gasteiger partial charge >= 0.3 is 0 Å². The van der Waals surface area contributed by atoms with Crippen molar-refractivity contribution in [2.24, 2.45) is 0 Å². The molecule has 1 heterocycles. The quantitative estimate of drug-likeness (QED) is 0.825. The molecule has 0 spiro atoms. The van der Waals surface area contributed by atoms with Crippen LogP contribution in [-0.2, 0) is 6.54 Å². The lowest BCUT2D eigenvalue weighted by atomic mass is 10.2. The van der Waals surface area contributed by atoms with Gasteiger partial charge < -0.3 is 9.73 Å². The smallest absolute Gasteiger partial charge is 0.226 e. The third-order valence-electron chi connectivity index (χ3n) is 2.44. The van der Waals surface area contributed by atoms with Gasteiger partial charge in [0.1, 0.15) is 6.26 Å². The Morgan fingerprint density at radius 1 is 1.29 bits per heavy atom. The summed E-state index contributed by atoms with van der Waals surface area (Å²) in [5.41, 5.74) is 1.96. The maximum Gasteiger partial charge on any atom is 0.226 e. The fourth-order valence-electron chi connectivity index (χ4n) is 1.51. The number of oxazole rings is 1. The minimum absolute atomic E-state index is 0.686. The summed E-state index contributed by atoms with van der Waals surface area (Å²) < 4.78 is 5.46. The van der Waals surface area contributed by atoms with E-state index < -0.39 is 0 Å². The summed E-state index contributed by atoms with van der Waals surface area (Å²) >= 11 is 1.73. The largest absolute Gasteiger partial charge is 0.444 e. The van der Waals surface area contributed by atoms with Crippen LogP contribution >= 0.6 is 11.8 Å². The van der Waals surface area contributed by atoms with Crippen LogP contribution in [0.1, 0.15) is 12.6 Å². The van der Waals surface area contributed by atoms with Crippen molar-refractivity contribution in [3.05, 3.63) is 36.2 Å². The SMILES string of the molecule is CCNCc1coc(-c2ccc(SC)cc2)n1. The number of nitrogens with one attached hydrogen (secondary N) is 1. The highest BCUT2D eigenvalue weighted by Gasteiger charge is 2.05. The van der Waals surface area contributed by atoms with Crippen molar-refractivity contribution in [1.29, 1.82) is 0 Å². The molecule has 0 atom stereocenters. The molecule has 0 saturated heterocycles. The van der Waals surface area contributed by atoms with Crippen molar-refractivity contribution in [1.82, 2.24) is 10.3 Å². The minimum Gasteiger partial charge on any atom is -0.444 e. The highest BCUT2D eigenvalue weighted by molar-refractivity contribution is 7.98. The number of benzene rings is 1. The number of rotatable bonds is 5. The monoisotopic (exact) mass is 248 g/mol. The molecule has 1 aromatic carbocycles. The van der Waals surface area contributed by atoms with Gasteiger partial charge in [0.05, 0.1) is 5.69 Å². The molecular weight excluding hydrogens is 232 g/mol. The first-order chi connectivity index (χ1) is 8.33. The predicted molar refractivity (Wildman–Crippen MR) is 71.1 cm³/mol. The lowest BCUT2D eigenvalue weighted by molar-refractivity contribution is 0.570. The molecule has 0 amide bonds. The van der Waals surface area contributed by atoms with Crippen LogP contribution in [0, 0.1) is 0 Å². The summed E-state index contributed by atoms with van der Waals surface area (Å²) in [4.78, 5) is 5.68. The zero-order chi connectivity index (χ0) is 12.1. The lowest BCUT2D eigenvalue weighted by Gasteiger charge is -1.98. The molecule has 0 aliphatic carbocycles. The number of hydrogen-bond acceptors (Lipinski definition) is 4. The fourth-order valence-corrected chi connectivity index (χ4v) is 1.92. The van der Waals surface area contributed by atoms with E-state index in [1.54, 1.807) is 18.0 Å². The van der Waals surface area contributed by atoms with Crippen LogP contribution in [0.15, 0.2) is 39.8 Å². The van der Waals surface area contributed by atoms with Crippen LogP contribution in [-0.4, -0.2) is 17.8 Å². The number of nitrogens with zero attached hydrogens (tertiary/aromatic N) is 1. The van der Waals surface area contributed by atoms with Gasteiger partial charge in [-0.3, -0.25) is 0 Å². The topological polar surface area (TPSA) is 38.1 Å². The highest BCUT2D eigenvalue weighted by Crippen LogP contribution is 2.22. The van der Waals surface area contributed by atoms with Crippen LogP contribution in [0.25, 0.3) is 11.5 Å². The molecule has 1 N–H and O–H groups in total. The minimum atomic E-state index is 0.686. The van der Waals surface area contributed by atoms with Crippen LogP contribution in [0.3, 0.4) is 0 Å². The molecule has 90 valence electrons. The molecule has 0 bridgehead atoms. The van der Waals surface area contributed by atoms with Crippen molar-refractivity contribution in [2.45, 2.75) is 18.4 Å². The standard InChI is InChI=1S/C13H16N2OS/c1-3-14-8-11-9-16-13(15-11)10-4-6-12(17-2)7-5-10/h4-7,9,14H,3,8H2,1-2H3. The third-order valence-corrected chi connectivity index (χ3v) is 3.19. The molecule has 3 nitrogen and oxygen atoms in total. The van der Waals surface area contributed by atoms with Crippen molar-refractivity contribution < 1.29 is 4.42 Å². The number of aromatic nitrogens is 1. The molecule has 0 aliphatic rings. The summed E-state index contributed by atoms with van der Waals surface area (Å²) in [6.45, 7) is 3.76. The van der Waals surface area contributed by atoms with Crippen LogP contribution in [0.2, 0.25) is 0 Å². The number of thioether (sulfide) groups is 1. The van der Waals surface area contributed by atoms with E-state index in [1.807, 2.05) is 12.1 Å². The van der Waals surface area contributed by atoms with Gasteiger partial charge in [-0.15, -0.1) is 11.8 Å². The highest BCUT2D eigenvalue weighted by atomic mass is 32.2.